The number of imide groups is 1. The molecule has 0 aliphatic carbocycles. The zero-order valence-electron chi connectivity index (χ0n) is 26.6. The predicted octanol–water partition coefficient (Wildman–Crippen LogP) is 8.10. The number of esters is 2. The molecule has 0 saturated heterocycles. The number of amides is 2. The number of hydrogen-bond donors (Lipinski definition) is 0. The van der Waals surface area contributed by atoms with Crippen LogP contribution in [-0.2, 0) is 9.47 Å². The molecular weight excluding hydrogens is 594 g/mol. The van der Waals surface area contributed by atoms with E-state index in [1.807, 2.05) is 49.4 Å². The van der Waals surface area contributed by atoms with Crippen LogP contribution in [0.15, 0.2) is 97.1 Å². The average Bonchev–Trinajstić information content (AvgIpc) is 3.36. The van der Waals surface area contributed by atoms with Gasteiger partial charge in [-0.25, -0.2) is 14.5 Å². The van der Waals surface area contributed by atoms with Crippen molar-refractivity contribution in [3.8, 4) is 11.1 Å². The molecule has 0 fully saturated rings. The quantitative estimate of drug-likeness (QED) is 0.0599. The van der Waals surface area contributed by atoms with Crippen molar-refractivity contribution in [3.05, 3.63) is 125 Å². The molecule has 0 saturated carbocycles. The fourth-order valence-corrected chi connectivity index (χ4v) is 5.42. The predicted molar refractivity (Wildman–Crippen MR) is 179 cm³/mol. The maximum atomic E-state index is 13.5. The van der Waals surface area contributed by atoms with Gasteiger partial charge in [-0.2, -0.15) is 0 Å². The Morgan fingerprint density at radius 3 is 1.94 bits per heavy atom. The minimum absolute atomic E-state index is 0.0526. The Hall–Kier alpha value is -5.37. The summed E-state index contributed by atoms with van der Waals surface area (Å²) in [7, 11) is 0. The Bertz CT molecular complexity index is 1760. The summed E-state index contributed by atoms with van der Waals surface area (Å²) in [5, 5.41) is 0. The second kappa shape index (κ2) is 15.3. The van der Waals surface area contributed by atoms with E-state index >= 15 is 0 Å². The molecule has 4 aromatic carbocycles. The summed E-state index contributed by atoms with van der Waals surface area (Å²) in [4.78, 5) is 66.8. The lowest BCUT2D eigenvalue weighted by atomic mass is 9.98. The summed E-state index contributed by atoms with van der Waals surface area (Å²) in [6.07, 6.45) is 3.58. The van der Waals surface area contributed by atoms with Gasteiger partial charge in [0.2, 0.25) is 5.78 Å². The van der Waals surface area contributed by atoms with Gasteiger partial charge in [0.1, 0.15) is 0 Å². The van der Waals surface area contributed by atoms with Crippen LogP contribution in [0, 0.1) is 0 Å². The van der Waals surface area contributed by atoms with Crippen molar-refractivity contribution in [3.63, 3.8) is 0 Å². The van der Waals surface area contributed by atoms with Gasteiger partial charge in [-0.05, 0) is 72.9 Å². The van der Waals surface area contributed by atoms with Crippen LogP contribution in [0.5, 0.6) is 0 Å². The zero-order valence-corrected chi connectivity index (χ0v) is 26.6. The fraction of sp³-hybridized carbons (Fsp3) is 0.256. The molecule has 0 bridgehead atoms. The van der Waals surface area contributed by atoms with E-state index in [1.54, 1.807) is 12.1 Å². The molecule has 5 rings (SSSR count). The van der Waals surface area contributed by atoms with Crippen molar-refractivity contribution < 1.29 is 33.4 Å². The van der Waals surface area contributed by atoms with Crippen molar-refractivity contribution in [2.75, 3.05) is 11.5 Å². The zero-order chi connectivity index (χ0) is 33.3. The number of unbranched alkanes of at least 4 members (excludes halogenated alkanes) is 3. The third-order valence-corrected chi connectivity index (χ3v) is 8.10. The number of hydrogen-bond acceptors (Lipinski definition) is 7. The SMILES string of the molecule is CCCCCOC(=O)c1ccc(N2C(=O)c3ccc(C(=O)OC(CCCC)C(=O)c4ccc(-c5ccccc5)cc4)cc3C2=O)cc1. The number of nitrogens with zero attached hydrogens (tertiary/aromatic N) is 1. The summed E-state index contributed by atoms with van der Waals surface area (Å²) >= 11 is 0. The Morgan fingerprint density at radius 1 is 0.638 bits per heavy atom. The lowest BCUT2D eigenvalue weighted by Crippen LogP contribution is -2.29. The second-order valence-corrected chi connectivity index (χ2v) is 11.4. The van der Waals surface area contributed by atoms with Crippen LogP contribution in [0.4, 0.5) is 5.69 Å². The van der Waals surface area contributed by atoms with E-state index in [2.05, 4.69) is 6.92 Å². The summed E-state index contributed by atoms with van der Waals surface area (Å²) in [5.41, 5.74) is 3.27. The number of ketones is 1. The molecule has 0 N–H and O–H groups in total. The van der Waals surface area contributed by atoms with E-state index in [4.69, 9.17) is 9.47 Å². The Labute approximate surface area is 274 Å². The third kappa shape index (κ3) is 7.55. The normalized spacial score (nSPS) is 12.9. The fourth-order valence-electron chi connectivity index (χ4n) is 5.42. The highest BCUT2D eigenvalue weighted by molar-refractivity contribution is 6.34. The van der Waals surface area contributed by atoms with Gasteiger partial charge in [-0.1, -0.05) is 87.7 Å². The van der Waals surface area contributed by atoms with Gasteiger partial charge in [-0.15, -0.1) is 0 Å². The molecule has 4 aromatic rings. The first-order chi connectivity index (χ1) is 22.8. The molecule has 8 nitrogen and oxygen atoms in total. The van der Waals surface area contributed by atoms with Gasteiger partial charge in [0.15, 0.2) is 6.10 Å². The molecule has 1 aliphatic heterocycles. The van der Waals surface area contributed by atoms with Gasteiger partial charge < -0.3 is 9.47 Å². The molecule has 1 heterocycles. The van der Waals surface area contributed by atoms with Crippen LogP contribution < -0.4 is 4.90 Å². The lowest BCUT2D eigenvalue weighted by molar-refractivity contribution is 0.0263. The van der Waals surface area contributed by atoms with Crippen LogP contribution >= 0.6 is 0 Å². The third-order valence-electron chi connectivity index (χ3n) is 8.10. The molecule has 8 heteroatoms. The molecule has 0 spiro atoms. The average molecular weight is 632 g/mol. The van der Waals surface area contributed by atoms with Crippen molar-refractivity contribution in [1.82, 2.24) is 0 Å². The molecule has 1 unspecified atom stereocenters. The molecular formula is C39H37NO7. The maximum absolute atomic E-state index is 13.5. The number of Topliss-reactive ketones (excluding diaryl/α,β-unsaturated/α-hetero) is 1. The number of anilines is 1. The first kappa shape index (κ1) is 33.0. The Kier molecular flexibility index (Phi) is 10.7. The van der Waals surface area contributed by atoms with Gasteiger partial charge in [0.05, 0.1) is 34.5 Å². The molecule has 47 heavy (non-hydrogen) atoms. The Balaban J connectivity index is 1.28. The van der Waals surface area contributed by atoms with Crippen molar-refractivity contribution in [2.45, 2.75) is 58.5 Å². The molecule has 0 radical (unpaired) electrons. The van der Waals surface area contributed by atoms with Crippen LogP contribution in [-0.4, -0.2) is 42.2 Å². The smallest absolute Gasteiger partial charge is 0.338 e. The minimum atomic E-state index is -1.01. The number of fused-ring (bicyclic) bond motifs is 1. The van der Waals surface area contributed by atoms with Crippen LogP contribution in [0.3, 0.4) is 0 Å². The monoisotopic (exact) mass is 631 g/mol. The summed E-state index contributed by atoms with van der Waals surface area (Å²) < 4.78 is 11.0. The largest absolute Gasteiger partial charge is 0.462 e. The van der Waals surface area contributed by atoms with Crippen molar-refractivity contribution in [2.24, 2.45) is 0 Å². The van der Waals surface area contributed by atoms with E-state index in [0.717, 1.165) is 41.7 Å². The number of rotatable bonds is 14. The van der Waals surface area contributed by atoms with Gasteiger partial charge in [0, 0.05) is 5.56 Å². The van der Waals surface area contributed by atoms with E-state index < -0.39 is 29.9 Å². The van der Waals surface area contributed by atoms with Crippen LogP contribution in [0.25, 0.3) is 11.1 Å². The molecule has 2 amide bonds. The van der Waals surface area contributed by atoms with E-state index in [0.29, 0.717) is 30.6 Å². The standard InChI is InChI=1S/C39H37NO7/c1-3-5-10-24-46-38(44)29-18-21-31(22-19-29)40-36(42)32-23-20-30(25-33(32)37(40)43)39(45)47-34(13-6-4-2)35(41)28-16-14-27(15-17-28)26-11-8-7-9-12-26/h7-9,11-12,14-23,25,34H,3-6,10,13,24H2,1-2H3. The van der Waals surface area contributed by atoms with Gasteiger partial charge in [-0.3, -0.25) is 14.4 Å². The maximum Gasteiger partial charge on any atom is 0.338 e. The van der Waals surface area contributed by atoms with Crippen molar-refractivity contribution in [1.29, 1.82) is 0 Å². The topological polar surface area (TPSA) is 107 Å². The van der Waals surface area contributed by atoms with E-state index in [1.165, 1.54) is 42.5 Å². The first-order valence-corrected chi connectivity index (χ1v) is 16.0. The van der Waals surface area contributed by atoms with Gasteiger partial charge in [0.25, 0.3) is 11.8 Å². The van der Waals surface area contributed by atoms with Crippen LogP contribution in [0.1, 0.15) is 104 Å². The number of carbonyl (C=O) groups excluding carboxylic acids is 5. The highest BCUT2D eigenvalue weighted by Crippen LogP contribution is 2.30. The molecule has 1 atom stereocenters. The number of carbonyl (C=O) groups is 5. The summed E-state index contributed by atoms with van der Waals surface area (Å²) in [6, 6.07) is 27.2. The molecule has 1 aliphatic rings. The van der Waals surface area contributed by atoms with E-state index in [9.17, 15) is 24.0 Å². The second-order valence-electron chi connectivity index (χ2n) is 11.4. The molecule has 240 valence electrons. The van der Waals surface area contributed by atoms with Crippen LogP contribution in [0.2, 0.25) is 0 Å². The number of ether oxygens (including phenoxy) is 2. The minimum Gasteiger partial charge on any atom is -0.462 e. The summed E-state index contributed by atoms with van der Waals surface area (Å²) in [5.74, 6) is -2.69. The molecule has 0 aromatic heterocycles. The Morgan fingerprint density at radius 2 is 1.26 bits per heavy atom. The number of benzene rings is 4. The van der Waals surface area contributed by atoms with Gasteiger partial charge >= 0.3 is 11.9 Å². The lowest BCUT2D eigenvalue weighted by Gasteiger charge is -2.17. The van der Waals surface area contributed by atoms with Crippen molar-refractivity contribution >= 4 is 35.2 Å². The highest BCUT2D eigenvalue weighted by Gasteiger charge is 2.37. The highest BCUT2D eigenvalue weighted by atomic mass is 16.5. The summed E-state index contributed by atoms with van der Waals surface area (Å²) in [6.45, 7) is 4.38. The first-order valence-electron chi connectivity index (χ1n) is 16.0. The van der Waals surface area contributed by atoms with E-state index in [-0.39, 0.29) is 28.2 Å².